The quantitative estimate of drug-likeness (QED) is 0.857. The fourth-order valence-corrected chi connectivity index (χ4v) is 3.11. The van der Waals surface area contributed by atoms with Gasteiger partial charge in [-0.1, -0.05) is 15.9 Å². The zero-order valence-corrected chi connectivity index (χ0v) is 13.2. The molecular weight excluding hydrogens is 366 g/mol. The van der Waals surface area contributed by atoms with Gasteiger partial charge in [-0.15, -0.1) is 0 Å². The van der Waals surface area contributed by atoms with E-state index in [4.69, 9.17) is 0 Å². The number of rotatable bonds is 4. The fraction of sp³-hybridized carbons (Fsp3) is 0.0769. The molecule has 0 aliphatic rings. The molecule has 0 atom stereocenters. The Balaban J connectivity index is 2.37. The first-order valence-corrected chi connectivity index (χ1v) is 8.06. The van der Waals surface area contributed by atoms with E-state index in [0.717, 1.165) is 17.8 Å². The Bertz CT molecular complexity index is 741. The highest BCUT2D eigenvalue weighted by molar-refractivity contribution is 9.10. The number of sulfonamides is 1. The standard InChI is InChI=1S/C13H11BrF2N2O2S/c1-17-9-2-4-10(5-3-9)21(19,20)18-13-11(15)6-8(14)7-12(13)16/h2-7,17-18H,1H3. The van der Waals surface area contributed by atoms with E-state index >= 15 is 0 Å². The van der Waals surface area contributed by atoms with Gasteiger partial charge in [-0.25, -0.2) is 17.2 Å². The Hall–Kier alpha value is -1.67. The van der Waals surface area contributed by atoms with Crippen molar-refractivity contribution in [3.8, 4) is 0 Å². The molecule has 0 bridgehead atoms. The second-order valence-electron chi connectivity index (χ2n) is 4.12. The maximum absolute atomic E-state index is 13.7. The molecule has 0 amide bonds. The van der Waals surface area contributed by atoms with Crippen molar-refractivity contribution in [3.63, 3.8) is 0 Å². The molecule has 2 rings (SSSR count). The summed E-state index contributed by atoms with van der Waals surface area (Å²) in [5.74, 6) is -2.01. The van der Waals surface area contributed by atoms with E-state index in [1.54, 1.807) is 19.2 Å². The summed E-state index contributed by atoms with van der Waals surface area (Å²) in [4.78, 5) is -0.0942. The smallest absolute Gasteiger partial charge is 0.262 e. The average molecular weight is 377 g/mol. The van der Waals surface area contributed by atoms with Crippen molar-refractivity contribution < 1.29 is 17.2 Å². The van der Waals surface area contributed by atoms with Crippen molar-refractivity contribution in [2.75, 3.05) is 17.1 Å². The molecule has 8 heteroatoms. The first kappa shape index (κ1) is 15.7. The highest BCUT2D eigenvalue weighted by Gasteiger charge is 2.19. The third-order valence-corrected chi connectivity index (χ3v) is 4.52. The molecule has 0 radical (unpaired) electrons. The summed E-state index contributed by atoms with van der Waals surface area (Å²) in [6, 6.07) is 7.72. The molecule has 0 aliphatic carbocycles. The summed E-state index contributed by atoms with van der Waals surface area (Å²) in [6.45, 7) is 0. The summed E-state index contributed by atoms with van der Waals surface area (Å²) in [7, 11) is -2.38. The van der Waals surface area contributed by atoms with Crippen molar-refractivity contribution in [3.05, 3.63) is 52.5 Å². The zero-order chi connectivity index (χ0) is 15.6. The van der Waals surface area contributed by atoms with E-state index in [1.807, 2.05) is 4.72 Å². The molecule has 0 fully saturated rings. The highest BCUT2D eigenvalue weighted by atomic mass is 79.9. The molecule has 2 aromatic carbocycles. The molecule has 0 spiro atoms. The van der Waals surface area contributed by atoms with E-state index in [-0.39, 0.29) is 9.37 Å². The largest absolute Gasteiger partial charge is 0.388 e. The lowest BCUT2D eigenvalue weighted by Crippen LogP contribution is -2.15. The van der Waals surface area contributed by atoms with Crippen molar-refractivity contribution >= 4 is 37.3 Å². The average Bonchev–Trinajstić information content (AvgIpc) is 2.43. The Morgan fingerprint density at radius 3 is 2.05 bits per heavy atom. The van der Waals surface area contributed by atoms with E-state index in [2.05, 4.69) is 21.2 Å². The number of hydrogen-bond acceptors (Lipinski definition) is 3. The summed E-state index contributed by atoms with van der Waals surface area (Å²) in [6.07, 6.45) is 0. The van der Waals surface area contributed by atoms with Crippen LogP contribution < -0.4 is 10.0 Å². The third-order valence-electron chi connectivity index (χ3n) is 2.70. The van der Waals surface area contributed by atoms with Crippen LogP contribution in [-0.2, 0) is 10.0 Å². The van der Waals surface area contributed by atoms with Gasteiger partial charge in [0.2, 0.25) is 0 Å². The van der Waals surface area contributed by atoms with Crippen LogP contribution in [0.2, 0.25) is 0 Å². The molecule has 0 aromatic heterocycles. The predicted octanol–water partition coefficient (Wildman–Crippen LogP) is 3.57. The minimum absolute atomic E-state index is 0.0942. The molecule has 21 heavy (non-hydrogen) atoms. The second kappa shape index (κ2) is 5.98. The van der Waals surface area contributed by atoms with Crippen LogP contribution in [-0.4, -0.2) is 15.5 Å². The second-order valence-corrected chi connectivity index (χ2v) is 6.72. The van der Waals surface area contributed by atoms with Crippen LogP contribution in [0.25, 0.3) is 0 Å². The summed E-state index contributed by atoms with van der Waals surface area (Å²) in [5.41, 5.74) is 0.00541. The van der Waals surface area contributed by atoms with E-state index in [1.165, 1.54) is 12.1 Å². The number of nitrogens with one attached hydrogen (secondary N) is 2. The highest BCUT2D eigenvalue weighted by Crippen LogP contribution is 2.26. The summed E-state index contributed by atoms with van der Waals surface area (Å²) >= 11 is 2.92. The maximum Gasteiger partial charge on any atom is 0.262 e. The summed E-state index contributed by atoms with van der Waals surface area (Å²) in [5, 5.41) is 2.84. The zero-order valence-electron chi connectivity index (χ0n) is 10.8. The van der Waals surface area contributed by atoms with Gasteiger partial charge in [0.05, 0.1) is 4.90 Å². The Morgan fingerprint density at radius 1 is 1.05 bits per heavy atom. The van der Waals surface area contributed by atoms with Crippen molar-refractivity contribution in [1.29, 1.82) is 0 Å². The van der Waals surface area contributed by atoms with Crippen molar-refractivity contribution in [2.24, 2.45) is 0 Å². The van der Waals surface area contributed by atoms with E-state index in [9.17, 15) is 17.2 Å². The molecule has 0 saturated heterocycles. The Morgan fingerprint density at radius 2 is 1.57 bits per heavy atom. The van der Waals surface area contributed by atoms with Gasteiger partial charge < -0.3 is 5.32 Å². The topological polar surface area (TPSA) is 58.2 Å². The molecule has 0 unspecified atom stereocenters. The SMILES string of the molecule is CNc1ccc(S(=O)(=O)Nc2c(F)cc(Br)cc2F)cc1. The molecule has 2 N–H and O–H groups in total. The monoisotopic (exact) mass is 376 g/mol. The van der Waals surface area contributed by atoms with Crippen LogP contribution in [0.15, 0.2) is 45.8 Å². The van der Waals surface area contributed by atoms with Gasteiger partial charge in [0, 0.05) is 17.2 Å². The van der Waals surface area contributed by atoms with Crippen molar-refractivity contribution in [2.45, 2.75) is 4.90 Å². The van der Waals surface area contributed by atoms with Crippen molar-refractivity contribution in [1.82, 2.24) is 0 Å². The molecule has 4 nitrogen and oxygen atoms in total. The van der Waals surface area contributed by atoms with Gasteiger partial charge in [-0.2, -0.15) is 0 Å². The first-order valence-electron chi connectivity index (χ1n) is 5.78. The minimum atomic E-state index is -4.07. The molecule has 2 aromatic rings. The number of benzene rings is 2. The van der Waals surface area contributed by atoms with Gasteiger partial charge >= 0.3 is 0 Å². The van der Waals surface area contributed by atoms with Gasteiger partial charge in [0.25, 0.3) is 10.0 Å². The number of halogens is 3. The van der Waals surface area contributed by atoms with Crippen LogP contribution >= 0.6 is 15.9 Å². The fourth-order valence-electron chi connectivity index (χ4n) is 1.63. The summed E-state index contributed by atoms with van der Waals surface area (Å²) < 4.78 is 53.7. The molecule has 112 valence electrons. The number of hydrogen-bond donors (Lipinski definition) is 2. The lowest BCUT2D eigenvalue weighted by molar-refractivity contribution is 0.582. The van der Waals surface area contributed by atoms with E-state index < -0.39 is 27.3 Å². The van der Waals surface area contributed by atoms with Gasteiger partial charge in [-0.3, -0.25) is 4.72 Å². The Labute approximate surface area is 129 Å². The maximum atomic E-state index is 13.7. The van der Waals surface area contributed by atoms with Gasteiger partial charge in [-0.05, 0) is 36.4 Å². The molecule has 0 heterocycles. The van der Waals surface area contributed by atoms with E-state index in [0.29, 0.717) is 0 Å². The minimum Gasteiger partial charge on any atom is -0.388 e. The van der Waals surface area contributed by atoms with Crippen LogP contribution in [0, 0.1) is 11.6 Å². The Kier molecular flexibility index (Phi) is 4.48. The molecule has 0 aliphatic heterocycles. The van der Waals surface area contributed by atoms with Crippen LogP contribution in [0.1, 0.15) is 0 Å². The third kappa shape index (κ3) is 3.51. The first-order chi connectivity index (χ1) is 9.83. The van der Waals surface area contributed by atoms with Gasteiger partial charge in [0.15, 0.2) is 11.6 Å². The lowest BCUT2D eigenvalue weighted by Gasteiger charge is -2.11. The molecule has 0 saturated carbocycles. The van der Waals surface area contributed by atoms with Gasteiger partial charge in [0.1, 0.15) is 5.69 Å². The normalized spacial score (nSPS) is 11.2. The number of anilines is 2. The molecular formula is C13H11BrF2N2O2S. The predicted molar refractivity (Wildman–Crippen MR) is 80.9 cm³/mol. The lowest BCUT2D eigenvalue weighted by atomic mass is 10.3. The van der Waals surface area contributed by atoms with Crippen LogP contribution in [0.3, 0.4) is 0 Å². The van der Waals surface area contributed by atoms with Crippen LogP contribution in [0.4, 0.5) is 20.2 Å². The van der Waals surface area contributed by atoms with Crippen LogP contribution in [0.5, 0.6) is 0 Å².